The third-order valence-electron chi connectivity index (χ3n) is 4.58. The van der Waals surface area contributed by atoms with Crippen LogP contribution in [0.1, 0.15) is 25.7 Å². The van der Waals surface area contributed by atoms with Crippen LogP contribution >= 0.6 is 11.6 Å². The molecule has 0 amide bonds. The molecule has 0 atom stereocenters. The summed E-state index contributed by atoms with van der Waals surface area (Å²) in [7, 11) is 3.55. The molecule has 0 aliphatic heterocycles. The molecule has 0 saturated heterocycles. The van der Waals surface area contributed by atoms with Gasteiger partial charge in [0.05, 0.1) is 6.54 Å². The van der Waals surface area contributed by atoms with Crippen molar-refractivity contribution in [1.29, 1.82) is 0 Å². The van der Waals surface area contributed by atoms with Crippen molar-refractivity contribution in [1.82, 2.24) is 10.6 Å². The highest BCUT2D eigenvalue weighted by Crippen LogP contribution is 2.43. The number of ether oxygens (including phenoxy) is 2. The Morgan fingerprint density at radius 2 is 1.96 bits per heavy atom. The number of aliphatic imine (C=N–C) groups is 1. The standard InChI is InChI=1S/C18H28ClN3O2/c1-20-17(22-14-18(8-3-9-18)10-12-23-2)21-11-13-24-16-6-4-15(19)5-7-16/h4-7H,3,8-14H2,1-2H3,(H2,20,21,22). The molecule has 1 aliphatic carbocycles. The Balaban J connectivity index is 1.66. The minimum atomic E-state index is 0.368. The fourth-order valence-corrected chi connectivity index (χ4v) is 3.00. The first kappa shape index (κ1) is 18.9. The van der Waals surface area contributed by atoms with E-state index in [1.165, 1.54) is 19.3 Å². The van der Waals surface area contributed by atoms with Crippen LogP contribution in [0.15, 0.2) is 29.3 Å². The molecule has 2 rings (SSSR count). The predicted octanol–water partition coefficient (Wildman–Crippen LogP) is 3.09. The molecule has 0 bridgehead atoms. The lowest BCUT2D eigenvalue weighted by Gasteiger charge is -2.42. The van der Waals surface area contributed by atoms with Gasteiger partial charge in [0.2, 0.25) is 0 Å². The number of nitrogens with zero attached hydrogens (tertiary/aromatic N) is 1. The fourth-order valence-electron chi connectivity index (χ4n) is 2.87. The van der Waals surface area contributed by atoms with Crippen LogP contribution < -0.4 is 15.4 Å². The van der Waals surface area contributed by atoms with Gasteiger partial charge in [0, 0.05) is 32.3 Å². The Morgan fingerprint density at radius 1 is 1.21 bits per heavy atom. The Labute approximate surface area is 149 Å². The van der Waals surface area contributed by atoms with Gasteiger partial charge in [0.25, 0.3) is 0 Å². The molecule has 24 heavy (non-hydrogen) atoms. The molecule has 0 aromatic heterocycles. The van der Waals surface area contributed by atoms with Gasteiger partial charge >= 0.3 is 0 Å². The Morgan fingerprint density at radius 3 is 2.54 bits per heavy atom. The Bertz CT molecular complexity index is 516. The highest BCUT2D eigenvalue weighted by Gasteiger charge is 2.36. The van der Waals surface area contributed by atoms with E-state index in [0.717, 1.165) is 31.3 Å². The smallest absolute Gasteiger partial charge is 0.191 e. The topological polar surface area (TPSA) is 54.9 Å². The van der Waals surface area contributed by atoms with E-state index in [9.17, 15) is 0 Å². The second-order valence-corrected chi connectivity index (χ2v) is 6.69. The third kappa shape index (κ3) is 5.87. The first-order chi connectivity index (χ1) is 11.7. The molecule has 1 saturated carbocycles. The minimum Gasteiger partial charge on any atom is -0.492 e. The molecular formula is C18H28ClN3O2. The molecule has 0 heterocycles. The van der Waals surface area contributed by atoms with Crippen LogP contribution in [-0.4, -0.2) is 46.4 Å². The molecule has 1 aromatic rings. The molecule has 1 fully saturated rings. The van der Waals surface area contributed by atoms with Gasteiger partial charge in [-0.15, -0.1) is 0 Å². The number of hydrogen-bond donors (Lipinski definition) is 2. The molecular weight excluding hydrogens is 326 g/mol. The summed E-state index contributed by atoms with van der Waals surface area (Å²) in [6.07, 6.45) is 4.94. The number of guanidine groups is 1. The summed E-state index contributed by atoms with van der Waals surface area (Å²) in [6, 6.07) is 7.38. The second kappa shape index (κ2) is 9.74. The predicted molar refractivity (Wildman–Crippen MR) is 99.1 cm³/mol. The zero-order valence-electron chi connectivity index (χ0n) is 14.6. The summed E-state index contributed by atoms with van der Waals surface area (Å²) in [6.45, 7) is 3.02. The van der Waals surface area contributed by atoms with Crippen LogP contribution in [0, 0.1) is 5.41 Å². The first-order valence-corrected chi connectivity index (χ1v) is 8.87. The van der Waals surface area contributed by atoms with E-state index in [0.29, 0.717) is 23.6 Å². The number of hydrogen-bond acceptors (Lipinski definition) is 3. The van der Waals surface area contributed by atoms with Crippen molar-refractivity contribution >= 4 is 17.6 Å². The van der Waals surface area contributed by atoms with E-state index in [4.69, 9.17) is 21.1 Å². The zero-order chi connectivity index (χ0) is 17.3. The maximum atomic E-state index is 5.85. The van der Waals surface area contributed by atoms with Crippen molar-refractivity contribution < 1.29 is 9.47 Å². The van der Waals surface area contributed by atoms with Crippen LogP contribution in [0.3, 0.4) is 0 Å². The molecule has 1 aromatic carbocycles. The average molecular weight is 354 g/mol. The maximum absolute atomic E-state index is 5.85. The van der Waals surface area contributed by atoms with Crippen LogP contribution in [-0.2, 0) is 4.74 Å². The van der Waals surface area contributed by atoms with Crippen molar-refractivity contribution in [3.8, 4) is 5.75 Å². The van der Waals surface area contributed by atoms with E-state index in [-0.39, 0.29) is 0 Å². The quantitative estimate of drug-likeness (QED) is 0.407. The first-order valence-electron chi connectivity index (χ1n) is 8.49. The highest BCUT2D eigenvalue weighted by atomic mass is 35.5. The van der Waals surface area contributed by atoms with Gasteiger partial charge in [-0.2, -0.15) is 0 Å². The van der Waals surface area contributed by atoms with Gasteiger partial charge in [0.1, 0.15) is 12.4 Å². The van der Waals surface area contributed by atoms with Gasteiger partial charge in [-0.3, -0.25) is 4.99 Å². The normalized spacial score (nSPS) is 16.4. The summed E-state index contributed by atoms with van der Waals surface area (Å²) >= 11 is 5.85. The minimum absolute atomic E-state index is 0.368. The molecule has 134 valence electrons. The maximum Gasteiger partial charge on any atom is 0.191 e. The van der Waals surface area contributed by atoms with Crippen molar-refractivity contribution in [2.75, 3.05) is 40.5 Å². The number of rotatable bonds is 9. The summed E-state index contributed by atoms with van der Waals surface area (Å²) in [5.41, 5.74) is 0.368. The number of benzene rings is 1. The van der Waals surface area contributed by atoms with Gasteiger partial charge in [-0.1, -0.05) is 18.0 Å². The van der Waals surface area contributed by atoms with Crippen molar-refractivity contribution in [3.63, 3.8) is 0 Å². The lowest BCUT2D eigenvalue weighted by molar-refractivity contribution is 0.0732. The van der Waals surface area contributed by atoms with Crippen LogP contribution in [0.4, 0.5) is 0 Å². The lowest BCUT2D eigenvalue weighted by Crippen LogP contribution is -2.47. The van der Waals surface area contributed by atoms with E-state index in [2.05, 4.69) is 15.6 Å². The van der Waals surface area contributed by atoms with E-state index >= 15 is 0 Å². The van der Waals surface area contributed by atoms with Crippen LogP contribution in [0.25, 0.3) is 0 Å². The van der Waals surface area contributed by atoms with E-state index < -0.39 is 0 Å². The van der Waals surface area contributed by atoms with Crippen molar-refractivity contribution in [2.24, 2.45) is 10.4 Å². The summed E-state index contributed by atoms with van der Waals surface area (Å²) in [5.74, 6) is 1.63. The molecule has 0 unspecified atom stereocenters. The van der Waals surface area contributed by atoms with Crippen LogP contribution in [0.2, 0.25) is 5.02 Å². The molecule has 6 heteroatoms. The van der Waals surface area contributed by atoms with Gasteiger partial charge in [-0.05, 0) is 48.9 Å². The Hall–Kier alpha value is -1.46. The Kier molecular flexibility index (Phi) is 7.66. The second-order valence-electron chi connectivity index (χ2n) is 6.25. The zero-order valence-corrected chi connectivity index (χ0v) is 15.4. The summed E-state index contributed by atoms with van der Waals surface area (Å²) in [4.78, 5) is 4.28. The average Bonchev–Trinajstić information content (AvgIpc) is 2.57. The number of methoxy groups -OCH3 is 1. The molecule has 2 N–H and O–H groups in total. The van der Waals surface area contributed by atoms with E-state index in [1.54, 1.807) is 14.2 Å². The van der Waals surface area contributed by atoms with Gasteiger partial charge < -0.3 is 20.1 Å². The molecule has 5 nitrogen and oxygen atoms in total. The van der Waals surface area contributed by atoms with Gasteiger partial charge in [0.15, 0.2) is 5.96 Å². The van der Waals surface area contributed by atoms with Crippen molar-refractivity contribution in [3.05, 3.63) is 29.3 Å². The van der Waals surface area contributed by atoms with Gasteiger partial charge in [-0.25, -0.2) is 0 Å². The van der Waals surface area contributed by atoms with Crippen molar-refractivity contribution in [2.45, 2.75) is 25.7 Å². The lowest BCUT2D eigenvalue weighted by atomic mass is 9.67. The largest absolute Gasteiger partial charge is 0.492 e. The fraction of sp³-hybridized carbons (Fsp3) is 0.611. The van der Waals surface area contributed by atoms with E-state index in [1.807, 2.05) is 24.3 Å². The molecule has 0 radical (unpaired) electrons. The molecule has 0 spiro atoms. The third-order valence-corrected chi connectivity index (χ3v) is 4.83. The highest BCUT2D eigenvalue weighted by molar-refractivity contribution is 6.30. The summed E-state index contributed by atoms with van der Waals surface area (Å²) < 4.78 is 10.9. The summed E-state index contributed by atoms with van der Waals surface area (Å²) in [5, 5.41) is 7.43. The number of halogens is 1. The number of nitrogens with one attached hydrogen (secondary N) is 2. The monoisotopic (exact) mass is 353 g/mol. The van der Waals surface area contributed by atoms with Crippen LogP contribution in [0.5, 0.6) is 5.75 Å². The molecule has 1 aliphatic rings. The SMILES string of the molecule is CN=C(NCCOc1ccc(Cl)cc1)NCC1(CCOC)CCC1.